The van der Waals surface area contributed by atoms with E-state index in [4.69, 9.17) is 17.3 Å². The molecule has 3 rings (SSSR count). The van der Waals surface area contributed by atoms with Crippen LogP contribution in [0.25, 0.3) is 11.0 Å². The number of imidazole rings is 1. The molecule has 1 aliphatic rings. The van der Waals surface area contributed by atoms with Crippen LogP contribution in [0.1, 0.15) is 31.7 Å². The van der Waals surface area contributed by atoms with Crippen molar-refractivity contribution in [1.82, 2.24) is 9.55 Å². The first kappa shape index (κ1) is 13.1. The second-order valence-electron chi connectivity index (χ2n) is 5.10. The van der Waals surface area contributed by atoms with Crippen molar-refractivity contribution in [3.63, 3.8) is 0 Å². The van der Waals surface area contributed by atoms with E-state index in [0.29, 0.717) is 22.3 Å². The van der Waals surface area contributed by atoms with Crippen molar-refractivity contribution >= 4 is 40.3 Å². The van der Waals surface area contributed by atoms with E-state index in [1.54, 1.807) is 0 Å². The zero-order chi connectivity index (χ0) is 13.4. The van der Waals surface area contributed by atoms with Crippen molar-refractivity contribution in [2.45, 2.75) is 37.0 Å². The van der Waals surface area contributed by atoms with Crippen LogP contribution in [-0.4, -0.2) is 21.1 Å². The number of halogens is 1. The van der Waals surface area contributed by atoms with Gasteiger partial charge in [0.25, 0.3) is 0 Å². The molecule has 3 nitrogen and oxygen atoms in total. The van der Waals surface area contributed by atoms with Crippen LogP contribution < -0.4 is 5.73 Å². The lowest BCUT2D eigenvalue weighted by atomic mass is 9.94. The lowest BCUT2D eigenvalue weighted by Gasteiger charge is -2.32. The molecule has 1 aromatic heterocycles. The molecule has 0 saturated heterocycles. The minimum atomic E-state index is 0.454. The highest BCUT2D eigenvalue weighted by molar-refractivity contribution is 7.99. The predicted octanol–water partition coefficient (Wildman–Crippen LogP) is 4.12. The summed E-state index contributed by atoms with van der Waals surface area (Å²) in [6.07, 6.45) is 7.23. The Bertz CT molecular complexity index is 596. The van der Waals surface area contributed by atoms with Gasteiger partial charge in [-0.2, -0.15) is 11.8 Å². The SMILES string of the molecule is CSC1CCCCC1n1c(N)nc2cc(Cl)ccc21. The number of hydrogen-bond acceptors (Lipinski definition) is 3. The fraction of sp³-hybridized carbons (Fsp3) is 0.500. The first-order valence-corrected chi connectivity index (χ1v) is 8.33. The Morgan fingerprint density at radius 2 is 2.16 bits per heavy atom. The third-order valence-electron chi connectivity index (χ3n) is 3.98. The molecule has 0 spiro atoms. The second-order valence-corrected chi connectivity index (χ2v) is 6.61. The number of nitrogen functional groups attached to an aromatic ring is 1. The molecule has 1 fully saturated rings. The highest BCUT2D eigenvalue weighted by Crippen LogP contribution is 2.39. The molecular formula is C14H18ClN3S. The quantitative estimate of drug-likeness (QED) is 0.906. The van der Waals surface area contributed by atoms with Crippen LogP contribution in [-0.2, 0) is 0 Å². The van der Waals surface area contributed by atoms with Crippen molar-refractivity contribution in [2.24, 2.45) is 0 Å². The van der Waals surface area contributed by atoms with Crippen molar-refractivity contribution in [3.05, 3.63) is 23.2 Å². The molecule has 102 valence electrons. The number of benzene rings is 1. The normalized spacial score (nSPS) is 23.9. The van der Waals surface area contributed by atoms with Crippen molar-refractivity contribution in [3.8, 4) is 0 Å². The van der Waals surface area contributed by atoms with Crippen molar-refractivity contribution in [2.75, 3.05) is 12.0 Å². The summed E-state index contributed by atoms with van der Waals surface area (Å²) in [5, 5.41) is 1.34. The summed E-state index contributed by atoms with van der Waals surface area (Å²) in [6.45, 7) is 0. The van der Waals surface area contributed by atoms with Crippen molar-refractivity contribution < 1.29 is 0 Å². The van der Waals surface area contributed by atoms with Crippen LogP contribution in [0.15, 0.2) is 18.2 Å². The monoisotopic (exact) mass is 295 g/mol. The molecule has 1 aromatic carbocycles. The van der Waals surface area contributed by atoms with E-state index in [0.717, 1.165) is 11.0 Å². The maximum absolute atomic E-state index is 6.15. The molecule has 0 amide bonds. The van der Waals surface area contributed by atoms with Gasteiger partial charge in [0.05, 0.1) is 11.0 Å². The largest absolute Gasteiger partial charge is 0.369 e. The number of nitrogens with zero attached hydrogens (tertiary/aromatic N) is 2. The molecule has 2 unspecified atom stereocenters. The van der Waals surface area contributed by atoms with E-state index in [1.165, 1.54) is 25.7 Å². The number of nitrogens with two attached hydrogens (primary N) is 1. The molecular weight excluding hydrogens is 278 g/mol. The fourth-order valence-electron chi connectivity index (χ4n) is 3.09. The highest BCUT2D eigenvalue weighted by Gasteiger charge is 2.28. The maximum atomic E-state index is 6.15. The van der Waals surface area contributed by atoms with Gasteiger partial charge in [-0.25, -0.2) is 4.98 Å². The van der Waals surface area contributed by atoms with E-state index >= 15 is 0 Å². The number of rotatable bonds is 2. The molecule has 19 heavy (non-hydrogen) atoms. The molecule has 2 aromatic rings. The van der Waals surface area contributed by atoms with Gasteiger partial charge < -0.3 is 10.3 Å². The molecule has 0 radical (unpaired) electrons. The summed E-state index contributed by atoms with van der Waals surface area (Å²) in [5.74, 6) is 0.614. The van der Waals surface area contributed by atoms with Gasteiger partial charge in [0.15, 0.2) is 0 Å². The van der Waals surface area contributed by atoms with Gasteiger partial charge >= 0.3 is 0 Å². The van der Waals surface area contributed by atoms with E-state index < -0.39 is 0 Å². The average molecular weight is 296 g/mol. The molecule has 0 bridgehead atoms. The van der Waals surface area contributed by atoms with Crippen LogP contribution >= 0.6 is 23.4 Å². The Morgan fingerprint density at radius 1 is 1.37 bits per heavy atom. The molecule has 2 atom stereocenters. The summed E-state index contributed by atoms with van der Waals surface area (Å²) in [4.78, 5) is 4.46. The van der Waals surface area contributed by atoms with Crippen LogP contribution in [0.5, 0.6) is 0 Å². The molecule has 2 N–H and O–H groups in total. The van der Waals surface area contributed by atoms with E-state index in [1.807, 2.05) is 30.0 Å². The van der Waals surface area contributed by atoms with Gasteiger partial charge in [0, 0.05) is 16.3 Å². The fourth-order valence-corrected chi connectivity index (χ4v) is 4.23. The molecule has 0 aliphatic heterocycles. The molecule has 5 heteroatoms. The van der Waals surface area contributed by atoms with Crippen LogP contribution in [0.3, 0.4) is 0 Å². The second kappa shape index (κ2) is 5.25. The van der Waals surface area contributed by atoms with Gasteiger partial charge in [-0.3, -0.25) is 0 Å². The topological polar surface area (TPSA) is 43.8 Å². The molecule has 1 saturated carbocycles. The Kier molecular flexibility index (Phi) is 3.63. The Labute approximate surface area is 122 Å². The first-order chi connectivity index (χ1) is 9.20. The Balaban J connectivity index is 2.10. The zero-order valence-corrected chi connectivity index (χ0v) is 12.5. The van der Waals surface area contributed by atoms with Gasteiger partial charge in [-0.1, -0.05) is 24.4 Å². The summed E-state index contributed by atoms with van der Waals surface area (Å²) < 4.78 is 2.21. The average Bonchev–Trinajstić information content (AvgIpc) is 2.73. The lowest BCUT2D eigenvalue weighted by molar-refractivity contribution is 0.374. The maximum Gasteiger partial charge on any atom is 0.201 e. The number of anilines is 1. The molecule has 1 aliphatic carbocycles. The van der Waals surface area contributed by atoms with Gasteiger partial charge in [0.2, 0.25) is 5.95 Å². The summed E-state index contributed by atoms with van der Waals surface area (Å²) in [6, 6.07) is 6.29. The minimum Gasteiger partial charge on any atom is -0.369 e. The summed E-state index contributed by atoms with van der Waals surface area (Å²) in [7, 11) is 0. The Hall–Kier alpha value is -0.870. The zero-order valence-electron chi connectivity index (χ0n) is 11.0. The Morgan fingerprint density at radius 3 is 2.95 bits per heavy atom. The summed E-state index contributed by atoms with van der Waals surface area (Å²) in [5.41, 5.74) is 8.15. The highest BCUT2D eigenvalue weighted by atomic mass is 35.5. The van der Waals surface area contributed by atoms with E-state index in [2.05, 4.69) is 15.8 Å². The third-order valence-corrected chi connectivity index (χ3v) is 5.37. The van der Waals surface area contributed by atoms with E-state index in [-0.39, 0.29) is 0 Å². The smallest absolute Gasteiger partial charge is 0.201 e. The van der Waals surface area contributed by atoms with Crippen LogP contribution in [0.2, 0.25) is 5.02 Å². The minimum absolute atomic E-state index is 0.454. The van der Waals surface area contributed by atoms with Gasteiger partial charge in [-0.15, -0.1) is 0 Å². The number of fused-ring (bicyclic) bond motifs is 1. The van der Waals surface area contributed by atoms with Gasteiger partial charge in [0.1, 0.15) is 0 Å². The third kappa shape index (κ3) is 2.32. The van der Waals surface area contributed by atoms with Crippen LogP contribution in [0, 0.1) is 0 Å². The predicted molar refractivity (Wildman–Crippen MR) is 84.0 cm³/mol. The number of thioether (sulfide) groups is 1. The van der Waals surface area contributed by atoms with Crippen molar-refractivity contribution in [1.29, 1.82) is 0 Å². The first-order valence-electron chi connectivity index (χ1n) is 6.66. The standard InChI is InChI=1S/C14H18ClN3S/c1-19-13-5-3-2-4-12(13)18-11-7-6-9(15)8-10(11)17-14(18)16/h6-8,12-13H,2-5H2,1H3,(H2,16,17). The van der Waals surface area contributed by atoms with Gasteiger partial charge in [-0.05, 0) is 37.3 Å². The summed E-state index contributed by atoms with van der Waals surface area (Å²) >= 11 is 7.97. The van der Waals surface area contributed by atoms with E-state index in [9.17, 15) is 0 Å². The van der Waals surface area contributed by atoms with Crippen LogP contribution in [0.4, 0.5) is 5.95 Å². The number of hydrogen-bond donors (Lipinski definition) is 1. The number of aromatic nitrogens is 2. The molecule has 1 heterocycles. The lowest BCUT2D eigenvalue weighted by Crippen LogP contribution is -2.26.